The van der Waals surface area contributed by atoms with Gasteiger partial charge in [-0.1, -0.05) is 6.07 Å². The van der Waals surface area contributed by atoms with Crippen molar-refractivity contribution in [2.45, 2.75) is 19.3 Å². The summed E-state index contributed by atoms with van der Waals surface area (Å²) < 4.78 is 0. The van der Waals surface area contributed by atoms with Crippen LogP contribution >= 0.6 is 0 Å². The van der Waals surface area contributed by atoms with Crippen molar-refractivity contribution in [1.82, 2.24) is 4.98 Å². The van der Waals surface area contributed by atoms with Crippen molar-refractivity contribution in [1.29, 1.82) is 0 Å². The zero-order valence-corrected chi connectivity index (χ0v) is 10.0. The number of pyridine rings is 1. The number of fused-ring (bicyclic) bond motifs is 1. The Hall–Kier alpha value is -2.16. The minimum absolute atomic E-state index is 0.210. The fourth-order valence-corrected chi connectivity index (χ4v) is 2.28. The molecule has 1 aromatic carbocycles. The Balaban J connectivity index is 1.97. The van der Waals surface area contributed by atoms with E-state index in [1.54, 1.807) is 12.3 Å². The highest BCUT2D eigenvalue weighted by molar-refractivity contribution is 5.94. The molecule has 0 saturated carbocycles. The standard InChI is InChI=1S/C15H14N2O/c18-12-5-1-4-11(10-12)17-15-8-2-7-14-13(15)6-3-9-16-14/h2-3,6-10,17H,1,4-5H2. The first kappa shape index (κ1) is 11.0. The van der Waals surface area contributed by atoms with E-state index in [1.807, 2.05) is 30.3 Å². The fraction of sp³-hybridized carbons (Fsp3) is 0.200. The summed E-state index contributed by atoms with van der Waals surface area (Å²) in [5.41, 5.74) is 2.98. The maximum Gasteiger partial charge on any atom is 0.157 e. The molecular formula is C15H14N2O. The summed E-state index contributed by atoms with van der Waals surface area (Å²) in [6.07, 6.45) is 6.04. The number of aromatic nitrogens is 1. The Morgan fingerprint density at radius 2 is 2.06 bits per heavy atom. The van der Waals surface area contributed by atoms with Crippen LogP contribution in [-0.4, -0.2) is 10.8 Å². The Labute approximate surface area is 106 Å². The lowest BCUT2D eigenvalue weighted by molar-refractivity contribution is -0.115. The van der Waals surface area contributed by atoms with Gasteiger partial charge in [-0.05, 0) is 37.1 Å². The number of ketones is 1. The lowest BCUT2D eigenvalue weighted by Crippen LogP contribution is -2.09. The molecule has 0 atom stereocenters. The number of nitrogens with zero attached hydrogens (tertiary/aromatic N) is 1. The van der Waals surface area contributed by atoms with E-state index >= 15 is 0 Å². The Morgan fingerprint density at radius 3 is 2.94 bits per heavy atom. The van der Waals surface area contributed by atoms with Crippen LogP contribution < -0.4 is 5.32 Å². The first-order valence-corrected chi connectivity index (χ1v) is 6.17. The highest BCUT2D eigenvalue weighted by atomic mass is 16.1. The van der Waals surface area contributed by atoms with E-state index in [0.717, 1.165) is 35.1 Å². The largest absolute Gasteiger partial charge is 0.358 e. The first-order valence-electron chi connectivity index (χ1n) is 6.17. The van der Waals surface area contributed by atoms with Gasteiger partial charge in [-0.15, -0.1) is 0 Å². The number of nitrogens with one attached hydrogen (secondary N) is 1. The van der Waals surface area contributed by atoms with Crippen LogP contribution in [0.2, 0.25) is 0 Å². The predicted octanol–water partition coefficient (Wildman–Crippen LogP) is 3.28. The lowest BCUT2D eigenvalue weighted by atomic mass is 10.0. The van der Waals surface area contributed by atoms with E-state index in [4.69, 9.17) is 0 Å². The van der Waals surface area contributed by atoms with Crippen LogP contribution in [-0.2, 0) is 4.79 Å². The smallest absolute Gasteiger partial charge is 0.157 e. The van der Waals surface area contributed by atoms with Gasteiger partial charge < -0.3 is 5.32 Å². The van der Waals surface area contributed by atoms with E-state index in [1.165, 1.54) is 0 Å². The van der Waals surface area contributed by atoms with Crippen molar-refractivity contribution in [3.63, 3.8) is 0 Å². The van der Waals surface area contributed by atoms with Crippen LogP contribution in [0.1, 0.15) is 19.3 Å². The van der Waals surface area contributed by atoms with Crippen LogP contribution in [0.15, 0.2) is 48.3 Å². The summed E-state index contributed by atoms with van der Waals surface area (Å²) in [5, 5.41) is 4.44. The molecule has 1 aliphatic rings. The van der Waals surface area contributed by atoms with Crippen LogP contribution in [0.4, 0.5) is 5.69 Å². The molecular weight excluding hydrogens is 224 g/mol. The lowest BCUT2D eigenvalue weighted by Gasteiger charge is -2.15. The minimum Gasteiger partial charge on any atom is -0.358 e. The predicted molar refractivity (Wildman–Crippen MR) is 72.3 cm³/mol. The molecule has 1 N–H and O–H groups in total. The molecule has 0 unspecified atom stereocenters. The quantitative estimate of drug-likeness (QED) is 0.873. The summed E-state index contributed by atoms with van der Waals surface area (Å²) in [6.45, 7) is 0. The molecule has 0 saturated heterocycles. The summed E-state index contributed by atoms with van der Waals surface area (Å²) in [4.78, 5) is 15.7. The molecule has 3 rings (SSSR count). The van der Waals surface area contributed by atoms with E-state index in [-0.39, 0.29) is 5.78 Å². The third-order valence-corrected chi connectivity index (χ3v) is 3.15. The van der Waals surface area contributed by atoms with Crippen molar-refractivity contribution < 1.29 is 4.79 Å². The molecule has 1 aliphatic carbocycles. The van der Waals surface area contributed by atoms with Crippen LogP contribution in [0.5, 0.6) is 0 Å². The third-order valence-electron chi connectivity index (χ3n) is 3.15. The van der Waals surface area contributed by atoms with E-state index in [9.17, 15) is 4.79 Å². The second-order valence-corrected chi connectivity index (χ2v) is 4.49. The number of carbonyl (C=O) groups is 1. The summed E-state index contributed by atoms with van der Waals surface area (Å²) in [6, 6.07) is 9.94. The Kier molecular flexibility index (Phi) is 2.81. The Bertz CT molecular complexity index is 626. The average Bonchev–Trinajstić information content (AvgIpc) is 2.39. The van der Waals surface area contributed by atoms with Crippen molar-refractivity contribution in [3.8, 4) is 0 Å². The topological polar surface area (TPSA) is 42.0 Å². The zero-order valence-electron chi connectivity index (χ0n) is 10.0. The van der Waals surface area contributed by atoms with Gasteiger partial charge in [0.25, 0.3) is 0 Å². The molecule has 1 heterocycles. The second kappa shape index (κ2) is 4.61. The van der Waals surface area contributed by atoms with Gasteiger partial charge in [-0.25, -0.2) is 0 Å². The normalized spacial score (nSPS) is 15.6. The molecule has 3 heteroatoms. The van der Waals surface area contributed by atoms with Crippen molar-refractivity contribution in [2.75, 3.05) is 5.32 Å². The molecule has 0 bridgehead atoms. The van der Waals surface area contributed by atoms with Crippen LogP contribution in [0.25, 0.3) is 10.9 Å². The number of anilines is 1. The molecule has 3 nitrogen and oxygen atoms in total. The number of benzene rings is 1. The maximum absolute atomic E-state index is 11.4. The van der Waals surface area contributed by atoms with Gasteiger partial charge in [0.15, 0.2) is 5.78 Å². The molecule has 1 aromatic heterocycles. The zero-order chi connectivity index (χ0) is 12.4. The monoisotopic (exact) mass is 238 g/mol. The highest BCUT2D eigenvalue weighted by Crippen LogP contribution is 2.25. The fourth-order valence-electron chi connectivity index (χ4n) is 2.28. The molecule has 0 radical (unpaired) electrons. The van der Waals surface area contributed by atoms with Gasteiger partial charge in [0.2, 0.25) is 0 Å². The Morgan fingerprint density at radius 1 is 1.11 bits per heavy atom. The van der Waals surface area contributed by atoms with Gasteiger partial charge in [0.05, 0.1) is 5.52 Å². The molecule has 0 fully saturated rings. The number of allylic oxidation sites excluding steroid dienone is 2. The average molecular weight is 238 g/mol. The molecule has 2 aromatic rings. The highest BCUT2D eigenvalue weighted by Gasteiger charge is 2.10. The van der Waals surface area contributed by atoms with Crippen molar-refractivity contribution >= 4 is 22.4 Å². The number of carbonyl (C=O) groups excluding carboxylic acids is 1. The van der Waals surface area contributed by atoms with Crippen LogP contribution in [0, 0.1) is 0 Å². The van der Waals surface area contributed by atoms with E-state index in [0.29, 0.717) is 6.42 Å². The van der Waals surface area contributed by atoms with Gasteiger partial charge in [0.1, 0.15) is 0 Å². The summed E-state index contributed by atoms with van der Waals surface area (Å²) in [5.74, 6) is 0.210. The number of hydrogen-bond acceptors (Lipinski definition) is 3. The summed E-state index contributed by atoms with van der Waals surface area (Å²) in [7, 11) is 0. The molecule has 0 spiro atoms. The number of hydrogen-bond donors (Lipinski definition) is 1. The van der Waals surface area contributed by atoms with E-state index in [2.05, 4.69) is 10.3 Å². The summed E-state index contributed by atoms with van der Waals surface area (Å²) >= 11 is 0. The van der Waals surface area contributed by atoms with Crippen molar-refractivity contribution in [2.24, 2.45) is 0 Å². The van der Waals surface area contributed by atoms with Crippen LogP contribution in [0.3, 0.4) is 0 Å². The third kappa shape index (κ3) is 2.12. The first-order chi connectivity index (χ1) is 8.83. The molecule has 0 aliphatic heterocycles. The molecule has 90 valence electrons. The SMILES string of the molecule is O=C1C=C(Nc2cccc3ncccc23)CCC1. The van der Waals surface area contributed by atoms with Gasteiger partial charge in [-0.2, -0.15) is 0 Å². The molecule has 0 amide bonds. The maximum atomic E-state index is 11.4. The minimum atomic E-state index is 0.210. The van der Waals surface area contributed by atoms with Gasteiger partial charge in [0, 0.05) is 35.5 Å². The van der Waals surface area contributed by atoms with Gasteiger partial charge in [-0.3, -0.25) is 9.78 Å². The second-order valence-electron chi connectivity index (χ2n) is 4.49. The van der Waals surface area contributed by atoms with E-state index < -0.39 is 0 Å². The van der Waals surface area contributed by atoms with Gasteiger partial charge >= 0.3 is 0 Å². The molecule has 18 heavy (non-hydrogen) atoms. The van der Waals surface area contributed by atoms with Crippen molar-refractivity contribution in [3.05, 3.63) is 48.3 Å². The number of rotatable bonds is 2.